The quantitative estimate of drug-likeness (QED) is 0.107. The molecular weight excluding hydrogens is 1130 g/mol. The summed E-state index contributed by atoms with van der Waals surface area (Å²) < 4.78 is 14.1. The van der Waals surface area contributed by atoms with Crippen molar-refractivity contribution in [3.05, 3.63) is 243 Å². The molecule has 0 aliphatic carbocycles. The van der Waals surface area contributed by atoms with Crippen LogP contribution in [0.3, 0.4) is 0 Å². The van der Waals surface area contributed by atoms with Crippen molar-refractivity contribution in [3.63, 3.8) is 0 Å². The molecule has 0 atom stereocenters. The van der Waals surface area contributed by atoms with Crippen LogP contribution in [-0.4, -0.2) is 70.7 Å². The summed E-state index contributed by atoms with van der Waals surface area (Å²) in [4.78, 5) is 0. The molecule has 8 aromatic rings. The van der Waals surface area contributed by atoms with Gasteiger partial charge in [0.05, 0.1) is 0 Å². The Morgan fingerprint density at radius 1 is 0.255 bits per heavy atom. The maximum atomic E-state index is 2.55. The van der Waals surface area contributed by atoms with Crippen molar-refractivity contribution in [3.8, 4) is 0 Å². The van der Waals surface area contributed by atoms with Crippen LogP contribution in [-0.2, 0) is 0 Å². The summed E-state index contributed by atoms with van der Waals surface area (Å²) in [5.41, 5.74) is 0. The summed E-state index contributed by atoms with van der Waals surface area (Å²) in [6.07, 6.45) is 5.10. The molecule has 6 heteroatoms. The van der Waals surface area contributed by atoms with Gasteiger partial charge in [0.25, 0.3) is 0 Å². The fourth-order valence-electron chi connectivity index (χ4n) is 7.51. The Kier molecular flexibility index (Phi) is 13.9. The van der Waals surface area contributed by atoms with E-state index in [9.17, 15) is 0 Å². The Morgan fingerprint density at radius 2 is 0.436 bits per heavy atom. The van der Waals surface area contributed by atoms with Gasteiger partial charge in [0.2, 0.25) is 0 Å². The normalized spacial score (nSPS) is 11.8. The third-order valence-electron chi connectivity index (χ3n) is 10.2. The predicted octanol–water partition coefficient (Wildman–Crippen LogP) is 7.12. The number of hydrogen-bond acceptors (Lipinski definition) is 2. The average molecular weight is 1170 g/mol. The Balaban J connectivity index is 1.44. The minimum atomic E-state index is -3.83. The molecule has 0 heterocycles. The monoisotopic (exact) mass is 1170 g/mol. The van der Waals surface area contributed by atoms with Gasteiger partial charge in [-0.05, 0) is 0 Å². The van der Waals surface area contributed by atoms with E-state index >= 15 is 0 Å². The minimum absolute atomic E-state index is 1.30. The van der Waals surface area contributed by atoms with Crippen molar-refractivity contribution >= 4 is 112 Å². The van der Waals surface area contributed by atoms with Gasteiger partial charge in [0.1, 0.15) is 0 Å². The van der Waals surface area contributed by atoms with Gasteiger partial charge in [0, 0.05) is 0 Å². The van der Waals surface area contributed by atoms with Crippen molar-refractivity contribution in [2.24, 2.45) is 0 Å². The summed E-state index contributed by atoms with van der Waals surface area (Å²) in [6, 6.07) is 94.1. The van der Waals surface area contributed by atoms with Crippen molar-refractivity contribution < 1.29 is 0 Å². The second-order valence-corrected chi connectivity index (χ2v) is 90.0. The van der Waals surface area contributed by atoms with Crippen LogP contribution >= 0.6 is 12.3 Å². The van der Waals surface area contributed by atoms with Crippen LogP contribution in [0.5, 0.6) is 0 Å². The van der Waals surface area contributed by atoms with Gasteiger partial charge in [0.15, 0.2) is 0 Å². The van der Waals surface area contributed by atoms with Gasteiger partial charge in [-0.3, -0.25) is 0 Å². The van der Waals surface area contributed by atoms with Gasteiger partial charge >= 0.3 is 357 Å². The van der Waals surface area contributed by atoms with E-state index in [1.807, 2.05) is 0 Å². The van der Waals surface area contributed by atoms with Gasteiger partial charge in [-0.1, -0.05) is 0 Å². The van der Waals surface area contributed by atoms with Gasteiger partial charge in [-0.15, -0.1) is 0 Å². The fraction of sp³-hybridized carbons (Fsp3) is 0.0204. The number of hydrogen-bond donors (Lipinski definition) is 0. The third kappa shape index (κ3) is 9.20. The molecule has 0 aliphatic rings. The van der Waals surface area contributed by atoms with E-state index in [0.717, 1.165) is 0 Å². The molecule has 0 amide bonds. The van der Waals surface area contributed by atoms with E-state index in [4.69, 9.17) is 0 Å². The number of rotatable bonds is 14. The molecule has 0 spiro atoms. The molecule has 8 aromatic carbocycles. The zero-order chi connectivity index (χ0) is 37.2. The first-order valence-corrected chi connectivity index (χ1v) is 49.9. The van der Waals surface area contributed by atoms with E-state index in [-0.39, 0.29) is 0 Å². The van der Waals surface area contributed by atoms with Crippen molar-refractivity contribution in [2.75, 3.05) is 0 Å². The number of benzene rings is 8. The zero-order valence-corrected chi connectivity index (χ0v) is 43.7. The van der Waals surface area contributed by atoms with E-state index < -0.39 is 70.7 Å². The molecular formula is C49H42S2Sn4. The van der Waals surface area contributed by atoms with Crippen LogP contribution in [0.4, 0.5) is 0 Å². The van der Waals surface area contributed by atoms with Crippen LogP contribution in [0, 0.1) is 0 Å². The Hall–Kier alpha value is -2.35. The topological polar surface area (TPSA) is 0 Å². The van der Waals surface area contributed by atoms with Crippen LogP contribution in [0.1, 0.15) is 0 Å². The van der Waals surface area contributed by atoms with Crippen LogP contribution in [0.15, 0.2) is 243 Å². The predicted molar refractivity (Wildman–Crippen MR) is 252 cm³/mol. The van der Waals surface area contributed by atoms with Crippen LogP contribution < -0.4 is 28.6 Å². The average Bonchev–Trinajstić information content (AvgIpc) is 3.29. The van der Waals surface area contributed by atoms with Crippen LogP contribution in [0.25, 0.3) is 0 Å². The molecule has 0 saturated heterocycles. The SMILES string of the molecule is c1cc[c]([Sn]([S][Sn]([CH2][Sn]([S][Sn]([c]2ccccc2)[c]2ccccc2)([c]2ccccc2)[c]2ccccc2)([c]2ccccc2)[c]2ccccc2)[c]2ccccc2)cc1. The molecule has 0 bridgehead atoms. The van der Waals surface area contributed by atoms with E-state index in [0.29, 0.717) is 0 Å². The molecule has 2 radical (unpaired) electrons. The molecule has 0 aliphatic heterocycles. The molecule has 8 rings (SSSR count). The summed E-state index contributed by atoms with van der Waals surface area (Å²) in [5, 5.41) is 0. The molecule has 0 N–H and O–H groups in total. The van der Waals surface area contributed by atoms with Crippen molar-refractivity contribution in [1.29, 1.82) is 0 Å². The van der Waals surface area contributed by atoms with Gasteiger partial charge in [-0.25, -0.2) is 0 Å². The fourth-order valence-corrected chi connectivity index (χ4v) is 265. The molecule has 0 saturated carbocycles. The maximum absolute atomic E-state index is 3.83. The Morgan fingerprint density at radius 3 is 0.636 bits per heavy atom. The molecule has 266 valence electrons. The summed E-state index contributed by atoms with van der Waals surface area (Å²) in [6.45, 7) is 0. The molecule has 0 fully saturated rings. The van der Waals surface area contributed by atoms with Crippen LogP contribution in [0.2, 0.25) is 2.45 Å². The molecule has 0 aromatic heterocycles. The van der Waals surface area contributed by atoms with Crippen molar-refractivity contribution in [1.82, 2.24) is 0 Å². The van der Waals surface area contributed by atoms with E-state index in [2.05, 4.69) is 255 Å². The summed E-state index contributed by atoms with van der Waals surface area (Å²) in [7, 11) is 0. The Bertz CT molecular complexity index is 2010. The third-order valence-corrected chi connectivity index (χ3v) is 156. The standard InChI is InChI=1S/8C6H5.CH2.2S.4Sn/c8*1-2-4-6-5-3-1;;;;;;;/h8*1-5H;1H2;;;;;;. The first kappa shape index (κ1) is 39.5. The second kappa shape index (κ2) is 19.4. The zero-order valence-electron chi connectivity index (χ0n) is 30.6. The summed E-state index contributed by atoms with van der Waals surface area (Å²) >= 11 is -12.9. The molecule has 55 heavy (non-hydrogen) atoms. The van der Waals surface area contributed by atoms with E-state index in [1.54, 1.807) is 28.6 Å². The van der Waals surface area contributed by atoms with E-state index in [1.165, 1.54) is 2.45 Å². The van der Waals surface area contributed by atoms with Crippen molar-refractivity contribution in [2.45, 2.75) is 2.45 Å². The first-order valence-electron chi connectivity index (χ1n) is 18.8. The second-order valence-electron chi connectivity index (χ2n) is 13.6. The Labute approximate surface area is 351 Å². The molecule has 0 nitrogen and oxygen atoms in total. The van der Waals surface area contributed by atoms with Gasteiger partial charge in [-0.2, -0.15) is 0 Å². The molecule has 0 unspecified atom stereocenters. The first-order chi connectivity index (χ1) is 27.3. The summed E-state index contributed by atoms with van der Waals surface area (Å²) in [5.74, 6) is 0. The van der Waals surface area contributed by atoms with Gasteiger partial charge < -0.3 is 0 Å².